The van der Waals surface area contributed by atoms with Gasteiger partial charge >= 0.3 is 0 Å². The number of ether oxygens (including phenoxy) is 2. The molecule has 0 saturated heterocycles. The lowest BCUT2D eigenvalue weighted by Crippen LogP contribution is -2.16. The van der Waals surface area contributed by atoms with E-state index in [9.17, 15) is 18.0 Å². The molecular weight excluding hydrogens is 374 g/mol. The lowest BCUT2D eigenvalue weighted by Gasteiger charge is -2.14. The average molecular weight is 391 g/mol. The molecule has 142 valence electrons. The molecule has 1 aliphatic rings. The Kier molecular flexibility index (Phi) is 4.91. The number of fused-ring (bicyclic) bond motifs is 1. The summed E-state index contributed by atoms with van der Waals surface area (Å²) in [6, 6.07) is 8.71. The van der Waals surface area contributed by atoms with E-state index in [1.54, 1.807) is 12.1 Å². The van der Waals surface area contributed by atoms with E-state index >= 15 is 0 Å². The highest BCUT2D eigenvalue weighted by molar-refractivity contribution is 7.92. The molecule has 1 aliphatic heterocycles. The van der Waals surface area contributed by atoms with Crippen molar-refractivity contribution < 1.29 is 27.5 Å². The van der Waals surface area contributed by atoms with Crippen LogP contribution in [0.3, 0.4) is 0 Å². The number of benzene rings is 2. The third-order valence-corrected chi connectivity index (χ3v) is 5.18. The Hall–Kier alpha value is -3.27. The fourth-order valence-electron chi connectivity index (χ4n) is 2.54. The van der Waals surface area contributed by atoms with Crippen LogP contribution in [0.25, 0.3) is 0 Å². The van der Waals surface area contributed by atoms with Gasteiger partial charge in [0, 0.05) is 6.07 Å². The van der Waals surface area contributed by atoms with Crippen molar-refractivity contribution in [2.75, 3.05) is 29.6 Å². The van der Waals surface area contributed by atoms with Crippen molar-refractivity contribution in [2.45, 2.75) is 11.3 Å². The Morgan fingerprint density at radius 2 is 1.63 bits per heavy atom. The van der Waals surface area contributed by atoms with E-state index in [2.05, 4.69) is 15.4 Å². The number of carbonyl (C=O) groups is 2. The number of rotatable bonds is 5. The lowest BCUT2D eigenvalue weighted by molar-refractivity contribution is -0.123. The van der Waals surface area contributed by atoms with Crippen LogP contribution in [-0.4, -0.2) is 34.5 Å². The summed E-state index contributed by atoms with van der Waals surface area (Å²) in [5.74, 6) is -0.232. The first-order valence-electron chi connectivity index (χ1n) is 7.81. The number of amides is 2. The molecule has 10 heteroatoms. The average Bonchev–Trinajstić information content (AvgIpc) is 2.76. The normalized spacial score (nSPS) is 13.7. The summed E-state index contributed by atoms with van der Waals surface area (Å²) >= 11 is 0. The van der Waals surface area contributed by atoms with Gasteiger partial charge in [0.05, 0.1) is 36.2 Å². The van der Waals surface area contributed by atoms with E-state index in [0.29, 0.717) is 17.2 Å². The molecule has 0 aliphatic carbocycles. The number of hydrogen-bond acceptors (Lipinski definition) is 6. The number of hydrogen-bond donors (Lipinski definition) is 3. The summed E-state index contributed by atoms with van der Waals surface area (Å²) in [6.07, 6.45) is -0.337. The van der Waals surface area contributed by atoms with Gasteiger partial charge in [-0.15, -0.1) is 0 Å². The Bertz CT molecular complexity index is 1020. The van der Waals surface area contributed by atoms with Crippen molar-refractivity contribution in [1.29, 1.82) is 0 Å². The van der Waals surface area contributed by atoms with Crippen molar-refractivity contribution in [3.63, 3.8) is 0 Å². The Morgan fingerprint density at radius 1 is 0.926 bits per heavy atom. The van der Waals surface area contributed by atoms with Gasteiger partial charge in [0.25, 0.3) is 10.0 Å². The van der Waals surface area contributed by atoms with Crippen molar-refractivity contribution in [1.82, 2.24) is 0 Å². The Balaban J connectivity index is 1.97. The second-order valence-electron chi connectivity index (χ2n) is 5.65. The van der Waals surface area contributed by atoms with Crippen LogP contribution in [0.15, 0.2) is 41.3 Å². The summed E-state index contributed by atoms with van der Waals surface area (Å²) in [7, 11) is -1.12. The first-order chi connectivity index (χ1) is 12.8. The van der Waals surface area contributed by atoms with E-state index in [-0.39, 0.29) is 22.7 Å². The van der Waals surface area contributed by atoms with Gasteiger partial charge in [0.1, 0.15) is 17.9 Å². The molecule has 0 saturated carbocycles. The van der Waals surface area contributed by atoms with Crippen molar-refractivity contribution in [2.24, 2.45) is 0 Å². The van der Waals surface area contributed by atoms with Gasteiger partial charge in [-0.1, -0.05) is 0 Å². The summed E-state index contributed by atoms with van der Waals surface area (Å²) < 4.78 is 38.3. The van der Waals surface area contributed by atoms with Gasteiger partial charge in [-0.2, -0.15) is 0 Å². The first kappa shape index (κ1) is 18.5. The van der Waals surface area contributed by atoms with Crippen LogP contribution in [0.2, 0.25) is 0 Å². The minimum absolute atomic E-state index is 0.0948. The standard InChI is InChI=1S/C17H17N3O6S/c1-25-10-3-6-15(26-2)14(7-10)20-27(23,24)11-4-5-12-13(8-11)19-17(22)9-16(21)18-12/h3-8,20H,9H2,1-2H3,(H,18,21)(H,19,22). The first-order valence-corrected chi connectivity index (χ1v) is 9.29. The smallest absolute Gasteiger partial charge is 0.262 e. The quantitative estimate of drug-likeness (QED) is 0.668. The molecule has 2 amide bonds. The van der Waals surface area contributed by atoms with E-state index in [4.69, 9.17) is 9.47 Å². The molecule has 27 heavy (non-hydrogen) atoms. The monoisotopic (exact) mass is 391 g/mol. The number of methoxy groups -OCH3 is 2. The Morgan fingerprint density at radius 3 is 2.30 bits per heavy atom. The Labute approximate surface area is 155 Å². The highest BCUT2D eigenvalue weighted by Crippen LogP contribution is 2.32. The number of carbonyl (C=O) groups excluding carboxylic acids is 2. The molecule has 0 unspecified atom stereocenters. The third kappa shape index (κ3) is 3.95. The molecule has 0 aromatic heterocycles. The summed E-state index contributed by atoms with van der Waals surface area (Å²) in [6.45, 7) is 0. The molecule has 0 fully saturated rings. The van der Waals surface area contributed by atoms with Gasteiger partial charge in [-0.05, 0) is 30.3 Å². The van der Waals surface area contributed by atoms with Crippen LogP contribution in [0, 0.1) is 0 Å². The van der Waals surface area contributed by atoms with Crippen LogP contribution < -0.4 is 24.8 Å². The number of sulfonamides is 1. The van der Waals surface area contributed by atoms with Gasteiger partial charge in [-0.3, -0.25) is 14.3 Å². The molecule has 9 nitrogen and oxygen atoms in total. The van der Waals surface area contributed by atoms with E-state index in [1.165, 1.54) is 38.5 Å². The highest BCUT2D eigenvalue weighted by Gasteiger charge is 2.22. The van der Waals surface area contributed by atoms with E-state index in [0.717, 1.165) is 0 Å². The zero-order valence-corrected chi connectivity index (χ0v) is 15.3. The summed E-state index contributed by atoms with van der Waals surface area (Å²) in [5.41, 5.74) is 0.722. The van der Waals surface area contributed by atoms with Crippen molar-refractivity contribution in [3.8, 4) is 11.5 Å². The second-order valence-corrected chi connectivity index (χ2v) is 7.33. The predicted octanol–water partition coefficient (Wildman–Crippen LogP) is 1.79. The largest absolute Gasteiger partial charge is 0.497 e. The molecule has 0 radical (unpaired) electrons. The van der Waals surface area contributed by atoms with Crippen LogP contribution in [0.5, 0.6) is 11.5 Å². The van der Waals surface area contributed by atoms with Crippen LogP contribution in [0.1, 0.15) is 6.42 Å². The van der Waals surface area contributed by atoms with Gasteiger partial charge < -0.3 is 20.1 Å². The molecule has 2 aromatic rings. The van der Waals surface area contributed by atoms with Crippen molar-refractivity contribution in [3.05, 3.63) is 36.4 Å². The second kappa shape index (κ2) is 7.16. The van der Waals surface area contributed by atoms with Crippen molar-refractivity contribution >= 4 is 38.9 Å². The SMILES string of the molecule is COc1ccc(OC)c(NS(=O)(=O)c2ccc3c(c2)NC(=O)CC(=O)N3)c1. The molecule has 0 spiro atoms. The van der Waals surface area contributed by atoms with E-state index < -0.39 is 21.8 Å². The summed E-state index contributed by atoms with van der Waals surface area (Å²) in [4.78, 5) is 23.2. The highest BCUT2D eigenvalue weighted by atomic mass is 32.2. The minimum atomic E-state index is -4.00. The van der Waals surface area contributed by atoms with Gasteiger partial charge in [0.15, 0.2) is 0 Å². The van der Waals surface area contributed by atoms with Gasteiger partial charge in [0.2, 0.25) is 11.8 Å². The minimum Gasteiger partial charge on any atom is -0.497 e. The fourth-order valence-corrected chi connectivity index (χ4v) is 3.62. The lowest BCUT2D eigenvalue weighted by atomic mass is 10.2. The molecular formula is C17H17N3O6S. The molecule has 3 rings (SSSR count). The topological polar surface area (TPSA) is 123 Å². The molecule has 1 heterocycles. The predicted molar refractivity (Wildman–Crippen MR) is 98.7 cm³/mol. The number of nitrogens with one attached hydrogen (secondary N) is 3. The zero-order chi connectivity index (χ0) is 19.6. The zero-order valence-electron chi connectivity index (χ0n) is 14.5. The summed E-state index contributed by atoms with van der Waals surface area (Å²) in [5, 5.41) is 5.05. The molecule has 3 N–H and O–H groups in total. The fraction of sp³-hybridized carbons (Fsp3) is 0.176. The van der Waals surface area contributed by atoms with Crippen LogP contribution in [-0.2, 0) is 19.6 Å². The van der Waals surface area contributed by atoms with E-state index in [1.807, 2.05) is 0 Å². The maximum Gasteiger partial charge on any atom is 0.262 e. The van der Waals surface area contributed by atoms with Gasteiger partial charge in [-0.25, -0.2) is 8.42 Å². The van der Waals surface area contributed by atoms with Crippen LogP contribution in [0.4, 0.5) is 17.1 Å². The molecule has 2 aromatic carbocycles. The maximum atomic E-state index is 12.8. The molecule has 0 bridgehead atoms. The third-order valence-electron chi connectivity index (χ3n) is 3.82. The number of anilines is 3. The molecule has 0 atom stereocenters. The maximum absolute atomic E-state index is 12.8. The van der Waals surface area contributed by atoms with Crippen LogP contribution >= 0.6 is 0 Å².